The molecule has 1 aromatic carbocycles. The molecule has 140 valence electrons. The fraction of sp³-hybridized carbons (Fsp3) is 0.611. The first-order chi connectivity index (χ1) is 11.5. The van der Waals surface area contributed by atoms with Gasteiger partial charge in [0.2, 0.25) is 0 Å². The Morgan fingerprint density at radius 2 is 2.00 bits per heavy atom. The summed E-state index contributed by atoms with van der Waals surface area (Å²) in [5.41, 5.74) is 1.50. The van der Waals surface area contributed by atoms with E-state index in [-0.39, 0.29) is 46.9 Å². The lowest BCUT2D eigenvalue weighted by Crippen LogP contribution is -2.45. The molecule has 0 amide bonds. The molecule has 1 saturated heterocycles. The minimum Gasteiger partial charge on any atom is -0.357 e. The van der Waals surface area contributed by atoms with Crippen molar-refractivity contribution in [1.29, 1.82) is 0 Å². The molecule has 2 fully saturated rings. The summed E-state index contributed by atoms with van der Waals surface area (Å²) >= 11 is 0. The topological polar surface area (TPSA) is 70.6 Å². The van der Waals surface area contributed by atoms with Crippen molar-refractivity contribution in [1.82, 2.24) is 10.6 Å². The van der Waals surface area contributed by atoms with Crippen LogP contribution in [0.5, 0.6) is 0 Å². The van der Waals surface area contributed by atoms with E-state index < -0.39 is 9.84 Å². The lowest BCUT2D eigenvalue weighted by molar-refractivity contribution is 0.253. The molecule has 2 N–H and O–H groups in total. The van der Waals surface area contributed by atoms with Gasteiger partial charge in [0.05, 0.1) is 18.1 Å². The minimum absolute atomic E-state index is 0. The SMILES string of the molecule is CCNC(=NCC1(c2ccccc2)CCC1)NC1CCS(=O)(=O)C1.I. The minimum atomic E-state index is -2.88. The first-order valence-corrected chi connectivity index (χ1v) is 10.7. The largest absolute Gasteiger partial charge is 0.357 e. The fourth-order valence-corrected chi connectivity index (χ4v) is 5.26. The highest BCUT2D eigenvalue weighted by atomic mass is 127. The molecule has 0 bridgehead atoms. The number of aliphatic imine (C=N–C) groups is 1. The molecular formula is C18H28IN3O2S. The monoisotopic (exact) mass is 477 g/mol. The second kappa shape index (κ2) is 8.70. The van der Waals surface area contributed by atoms with E-state index in [2.05, 4.69) is 34.9 Å². The third-order valence-corrected chi connectivity index (χ3v) is 6.92. The molecule has 1 aliphatic heterocycles. The molecule has 1 atom stereocenters. The van der Waals surface area contributed by atoms with Crippen LogP contribution in [0.15, 0.2) is 35.3 Å². The molecule has 1 aliphatic carbocycles. The van der Waals surface area contributed by atoms with E-state index in [9.17, 15) is 8.42 Å². The standard InChI is InChI=1S/C18H27N3O2S.HI/c1-2-19-17(21-16-9-12-24(22,23)13-16)20-14-18(10-6-11-18)15-7-4-3-5-8-15;/h3-5,7-8,16H,2,6,9-14H2,1H3,(H2,19,20,21);1H. The molecule has 1 saturated carbocycles. The van der Waals surface area contributed by atoms with Crippen molar-refractivity contribution in [2.75, 3.05) is 24.6 Å². The number of nitrogens with one attached hydrogen (secondary N) is 2. The van der Waals surface area contributed by atoms with Crippen molar-refractivity contribution in [3.8, 4) is 0 Å². The molecule has 3 rings (SSSR count). The average molecular weight is 477 g/mol. The zero-order chi connectivity index (χ0) is 17.0. The van der Waals surface area contributed by atoms with Crippen molar-refractivity contribution in [3.63, 3.8) is 0 Å². The summed E-state index contributed by atoms with van der Waals surface area (Å²) in [6.07, 6.45) is 4.24. The molecule has 1 aromatic rings. The van der Waals surface area contributed by atoms with E-state index in [1.807, 2.05) is 13.0 Å². The van der Waals surface area contributed by atoms with Crippen LogP contribution in [0.1, 0.15) is 38.2 Å². The Balaban J connectivity index is 0.00000225. The molecular weight excluding hydrogens is 449 g/mol. The highest BCUT2D eigenvalue weighted by Crippen LogP contribution is 2.43. The second-order valence-corrected chi connectivity index (χ2v) is 9.17. The van der Waals surface area contributed by atoms with Crippen LogP contribution >= 0.6 is 24.0 Å². The Hall–Kier alpha value is -0.830. The number of benzene rings is 1. The average Bonchev–Trinajstić information content (AvgIpc) is 2.86. The van der Waals surface area contributed by atoms with Crippen LogP contribution in [0, 0.1) is 0 Å². The summed E-state index contributed by atoms with van der Waals surface area (Å²) in [6.45, 7) is 3.54. The van der Waals surface area contributed by atoms with Gasteiger partial charge in [-0.3, -0.25) is 4.99 Å². The van der Waals surface area contributed by atoms with Crippen LogP contribution in [0.3, 0.4) is 0 Å². The number of hydrogen-bond donors (Lipinski definition) is 2. The lowest BCUT2D eigenvalue weighted by atomic mass is 9.64. The molecule has 0 radical (unpaired) electrons. The third kappa shape index (κ3) is 5.09. The molecule has 0 aromatic heterocycles. The molecule has 1 heterocycles. The van der Waals surface area contributed by atoms with Crippen molar-refractivity contribution >= 4 is 39.8 Å². The summed E-state index contributed by atoms with van der Waals surface area (Å²) < 4.78 is 23.3. The predicted molar refractivity (Wildman–Crippen MR) is 114 cm³/mol. The highest BCUT2D eigenvalue weighted by Gasteiger charge is 2.38. The maximum atomic E-state index is 11.6. The Morgan fingerprint density at radius 1 is 1.28 bits per heavy atom. The number of rotatable bonds is 5. The summed E-state index contributed by atoms with van der Waals surface area (Å²) in [5, 5.41) is 6.56. The Kier molecular flexibility index (Phi) is 7.13. The number of hydrogen-bond acceptors (Lipinski definition) is 3. The van der Waals surface area contributed by atoms with Gasteiger partial charge in [-0.25, -0.2) is 8.42 Å². The molecule has 0 spiro atoms. The highest BCUT2D eigenvalue weighted by molar-refractivity contribution is 14.0. The first kappa shape index (κ1) is 20.5. The van der Waals surface area contributed by atoms with Crippen LogP contribution in [-0.4, -0.2) is 45.0 Å². The van der Waals surface area contributed by atoms with Crippen LogP contribution in [0.4, 0.5) is 0 Å². The van der Waals surface area contributed by atoms with Gasteiger partial charge in [0.1, 0.15) is 0 Å². The number of halogens is 1. The van der Waals surface area contributed by atoms with Crippen molar-refractivity contribution in [3.05, 3.63) is 35.9 Å². The Bertz CT molecular complexity index is 688. The summed E-state index contributed by atoms with van der Waals surface area (Å²) in [4.78, 5) is 4.79. The van der Waals surface area contributed by atoms with Gasteiger partial charge in [0.25, 0.3) is 0 Å². The fourth-order valence-electron chi connectivity index (χ4n) is 3.59. The van der Waals surface area contributed by atoms with Crippen molar-refractivity contribution < 1.29 is 8.42 Å². The zero-order valence-corrected chi connectivity index (χ0v) is 17.8. The molecule has 7 heteroatoms. The predicted octanol–water partition coefficient (Wildman–Crippen LogP) is 2.47. The van der Waals surface area contributed by atoms with Gasteiger partial charge in [-0.1, -0.05) is 36.8 Å². The molecule has 5 nitrogen and oxygen atoms in total. The van der Waals surface area contributed by atoms with Gasteiger partial charge in [-0.15, -0.1) is 24.0 Å². The van der Waals surface area contributed by atoms with Gasteiger partial charge in [0, 0.05) is 18.0 Å². The molecule has 2 aliphatic rings. The summed E-state index contributed by atoms with van der Waals surface area (Å²) in [5.74, 6) is 1.22. The van der Waals surface area contributed by atoms with Crippen molar-refractivity contribution in [2.24, 2.45) is 4.99 Å². The Morgan fingerprint density at radius 3 is 2.52 bits per heavy atom. The van der Waals surface area contributed by atoms with Crippen LogP contribution in [0.2, 0.25) is 0 Å². The number of guanidine groups is 1. The van der Waals surface area contributed by atoms with Crippen LogP contribution in [0.25, 0.3) is 0 Å². The second-order valence-electron chi connectivity index (χ2n) is 6.94. The maximum absolute atomic E-state index is 11.6. The van der Waals surface area contributed by atoms with Gasteiger partial charge in [-0.2, -0.15) is 0 Å². The quantitative estimate of drug-likeness (QED) is 0.389. The first-order valence-electron chi connectivity index (χ1n) is 8.84. The van der Waals surface area contributed by atoms with E-state index in [4.69, 9.17) is 4.99 Å². The Labute approximate surface area is 168 Å². The van der Waals surface area contributed by atoms with Gasteiger partial charge >= 0.3 is 0 Å². The van der Waals surface area contributed by atoms with Gasteiger partial charge in [0.15, 0.2) is 15.8 Å². The van der Waals surface area contributed by atoms with E-state index in [1.54, 1.807) is 0 Å². The van der Waals surface area contributed by atoms with Gasteiger partial charge < -0.3 is 10.6 Å². The van der Waals surface area contributed by atoms with E-state index in [1.165, 1.54) is 12.0 Å². The van der Waals surface area contributed by atoms with E-state index in [0.29, 0.717) is 6.42 Å². The van der Waals surface area contributed by atoms with Crippen LogP contribution in [-0.2, 0) is 15.3 Å². The number of nitrogens with zero attached hydrogens (tertiary/aromatic N) is 1. The molecule has 25 heavy (non-hydrogen) atoms. The van der Waals surface area contributed by atoms with E-state index in [0.717, 1.165) is 31.9 Å². The van der Waals surface area contributed by atoms with Crippen LogP contribution < -0.4 is 10.6 Å². The third-order valence-electron chi connectivity index (χ3n) is 5.15. The van der Waals surface area contributed by atoms with Crippen molar-refractivity contribution in [2.45, 2.75) is 44.1 Å². The zero-order valence-electron chi connectivity index (χ0n) is 14.7. The number of sulfone groups is 1. The summed E-state index contributed by atoms with van der Waals surface area (Å²) in [7, 11) is -2.88. The van der Waals surface area contributed by atoms with E-state index >= 15 is 0 Å². The maximum Gasteiger partial charge on any atom is 0.191 e. The normalized spacial score (nSPS) is 24.0. The smallest absolute Gasteiger partial charge is 0.191 e. The molecule has 1 unspecified atom stereocenters. The summed E-state index contributed by atoms with van der Waals surface area (Å²) in [6, 6.07) is 10.6. The van der Waals surface area contributed by atoms with Gasteiger partial charge in [-0.05, 0) is 31.7 Å². The lowest BCUT2D eigenvalue weighted by Gasteiger charge is -2.41.